The SMILES string of the molecule is OC(Cc1ccccc1F)C1CC=CCC1. The zero-order chi connectivity index (χ0) is 11.4. The summed E-state index contributed by atoms with van der Waals surface area (Å²) in [5, 5.41) is 10.1. The smallest absolute Gasteiger partial charge is 0.126 e. The zero-order valence-corrected chi connectivity index (χ0v) is 9.27. The Morgan fingerprint density at radius 2 is 2.12 bits per heavy atom. The van der Waals surface area contributed by atoms with Gasteiger partial charge in [-0.15, -0.1) is 0 Å². The van der Waals surface area contributed by atoms with Gasteiger partial charge in [-0.05, 0) is 36.8 Å². The van der Waals surface area contributed by atoms with Gasteiger partial charge in [0.05, 0.1) is 6.10 Å². The first-order valence-corrected chi connectivity index (χ1v) is 5.84. The normalized spacial score (nSPS) is 22.0. The van der Waals surface area contributed by atoms with Crippen LogP contribution in [0, 0.1) is 11.7 Å². The van der Waals surface area contributed by atoms with Crippen LogP contribution in [0.15, 0.2) is 36.4 Å². The molecule has 1 N–H and O–H groups in total. The predicted octanol–water partition coefficient (Wildman–Crippen LogP) is 3.09. The summed E-state index contributed by atoms with van der Waals surface area (Å²) < 4.78 is 13.4. The number of aliphatic hydroxyl groups is 1. The molecule has 0 amide bonds. The van der Waals surface area contributed by atoms with E-state index in [4.69, 9.17) is 0 Å². The van der Waals surface area contributed by atoms with E-state index < -0.39 is 6.10 Å². The summed E-state index contributed by atoms with van der Waals surface area (Å²) in [6, 6.07) is 6.68. The van der Waals surface area contributed by atoms with Gasteiger partial charge in [0.15, 0.2) is 0 Å². The van der Waals surface area contributed by atoms with Crippen LogP contribution in [0.25, 0.3) is 0 Å². The molecule has 0 bridgehead atoms. The average molecular weight is 220 g/mol. The minimum Gasteiger partial charge on any atom is -0.392 e. The Labute approximate surface area is 95.6 Å². The molecule has 1 aliphatic carbocycles. The van der Waals surface area contributed by atoms with Gasteiger partial charge in [0.1, 0.15) is 5.82 Å². The highest BCUT2D eigenvalue weighted by atomic mass is 19.1. The number of rotatable bonds is 3. The number of aliphatic hydroxyl groups excluding tert-OH is 1. The standard InChI is InChI=1S/C14H17FO/c15-13-9-5-4-8-12(13)10-14(16)11-6-2-1-3-7-11/h1-2,4-5,8-9,11,14,16H,3,6-7,10H2. The number of allylic oxidation sites excluding steroid dienone is 2. The van der Waals surface area contributed by atoms with Crippen LogP contribution in [0.5, 0.6) is 0 Å². The van der Waals surface area contributed by atoms with Gasteiger partial charge in [0, 0.05) is 6.42 Å². The summed E-state index contributed by atoms with van der Waals surface area (Å²) in [7, 11) is 0. The lowest BCUT2D eigenvalue weighted by Gasteiger charge is -2.23. The quantitative estimate of drug-likeness (QED) is 0.776. The lowest BCUT2D eigenvalue weighted by atomic mass is 9.86. The second kappa shape index (κ2) is 5.26. The first-order chi connectivity index (χ1) is 7.77. The molecule has 0 saturated carbocycles. The average Bonchev–Trinajstić information content (AvgIpc) is 2.33. The van der Waals surface area contributed by atoms with E-state index in [1.807, 2.05) is 6.07 Å². The number of hydrogen-bond acceptors (Lipinski definition) is 1. The molecule has 2 unspecified atom stereocenters. The zero-order valence-electron chi connectivity index (χ0n) is 9.27. The van der Waals surface area contributed by atoms with E-state index in [2.05, 4.69) is 12.2 Å². The van der Waals surface area contributed by atoms with Crippen LogP contribution < -0.4 is 0 Å². The van der Waals surface area contributed by atoms with Gasteiger partial charge < -0.3 is 5.11 Å². The molecular formula is C14H17FO. The van der Waals surface area contributed by atoms with Crippen LogP contribution in [0.1, 0.15) is 24.8 Å². The largest absolute Gasteiger partial charge is 0.392 e. The van der Waals surface area contributed by atoms with Crippen molar-refractivity contribution in [1.29, 1.82) is 0 Å². The summed E-state index contributed by atoms with van der Waals surface area (Å²) in [4.78, 5) is 0. The topological polar surface area (TPSA) is 20.2 Å². The summed E-state index contributed by atoms with van der Waals surface area (Å²) in [6.45, 7) is 0. The molecular weight excluding hydrogens is 203 g/mol. The molecule has 2 heteroatoms. The Morgan fingerprint density at radius 3 is 2.81 bits per heavy atom. The van der Waals surface area contributed by atoms with Crippen molar-refractivity contribution < 1.29 is 9.50 Å². The van der Waals surface area contributed by atoms with Gasteiger partial charge in [-0.3, -0.25) is 0 Å². The fourth-order valence-electron chi connectivity index (χ4n) is 2.22. The van der Waals surface area contributed by atoms with Crippen molar-refractivity contribution in [1.82, 2.24) is 0 Å². The maximum atomic E-state index is 13.4. The van der Waals surface area contributed by atoms with Crippen molar-refractivity contribution in [3.8, 4) is 0 Å². The van der Waals surface area contributed by atoms with E-state index in [-0.39, 0.29) is 11.7 Å². The molecule has 1 aromatic carbocycles. The Hall–Kier alpha value is -1.15. The highest BCUT2D eigenvalue weighted by Gasteiger charge is 2.20. The molecule has 86 valence electrons. The van der Waals surface area contributed by atoms with Gasteiger partial charge in [0.2, 0.25) is 0 Å². The third-order valence-corrected chi connectivity index (χ3v) is 3.24. The number of hydrogen-bond donors (Lipinski definition) is 1. The van der Waals surface area contributed by atoms with Crippen molar-refractivity contribution in [3.63, 3.8) is 0 Å². The van der Waals surface area contributed by atoms with Crippen LogP contribution in [-0.2, 0) is 6.42 Å². The van der Waals surface area contributed by atoms with Crippen LogP contribution in [0.4, 0.5) is 4.39 Å². The maximum absolute atomic E-state index is 13.4. The Balaban J connectivity index is 1.99. The van der Waals surface area contributed by atoms with E-state index >= 15 is 0 Å². The fraction of sp³-hybridized carbons (Fsp3) is 0.429. The lowest BCUT2D eigenvalue weighted by molar-refractivity contribution is 0.101. The van der Waals surface area contributed by atoms with Crippen molar-refractivity contribution in [2.75, 3.05) is 0 Å². The minimum absolute atomic E-state index is 0.215. The number of halogens is 1. The van der Waals surface area contributed by atoms with E-state index in [0.29, 0.717) is 12.0 Å². The maximum Gasteiger partial charge on any atom is 0.126 e. The predicted molar refractivity (Wildman–Crippen MR) is 62.6 cm³/mol. The molecule has 0 fully saturated rings. The van der Waals surface area contributed by atoms with E-state index in [1.165, 1.54) is 6.07 Å². The number of benzene rings is 1. The molecule has 0 saturated heterocycles. The van der Waals surface area contributed by atoms with E-state index in [0.717, 1.165) is 19.3 Å². The van der Waals surface area contributed by atoms with Crippen molar-refractivity contribution in [3.05, 3.63) is 47.8 Å². The highest BCUT2D eigenvalue weighted by molar-refractivity contribution is 5.18. The summed E-state index contributed by atoms with van der Waals surface area (Å²) in [5.74, 6) is 0.0671. The van der Waals surface area contributed by atoms with Gasteiger partial charge in [-0.2, -0.15) is 0 Å². The summed E-state index contributed by atoms with van der Waals surface area (Å²) >= 11 is 0. The fourth-order valence-corrected chi connectivity index (χ4v) is 2.22. The first kappa shape index (κ1) is 11.3. The van der Waals surface area contributed by atoms with Gasteiger partial charge >= 0.3 is 0 Å². The second-order valence-corrected chi connectivity index (χ2v) is 4.41. The monoisotopic (exact) mass is 220 g/mol. The summed E-state index contributed by atoms with van der Waals surface area (Å²) in [6.07, 6.45) is 7.19. The Bertz CT molecular complexity index is 373. The Kier molecular flexibility index (Phi) is 3.73. The molecule has 0 radical (unpaired) electrons. The molecule has 0 aromatic heterocycles. The molecule has 2 rings (SSSR count). The van der Waals surface area contributed by atoms with Crippen LogP contribution in [0.2, 0.25) is 0 Å². The summed E-state index contributed by atoms with van der Waals surface area (Å²) in [5.41, 5.74) is 0.615. The molecule has 0 heterocycles. The van der Waals surface area contributed by atoms with Crippen molar-refractivity contribution in [2.24, 2.45) is 5.92 Å². The lowest BCUT2D eigenvalue weighted by Crippen LogP contribution is -2.24. The molecule has 16 heavy (non-hydrogen) atoms. The molecule has 1 nitrogen and oxygen atoms in total. The molecule has 1 aromatic rings. The van der Waals surface area contributed by atoms with E-state index in [9.17, 15) is 9.50 Å². The van der Waals surface area contributed by atoms with E-state index in [1.54, 1.807) is 12.1 Å². The molecule has 0 aliphatic heterocycles. The third-order valence-electron chi connectivity index (χ3n) is 3.24. The molecule has 2 atom stereocenters. The second-order valence-electron chi connectivity index (χ2n) is 4.41. The Morgan fingerprint density at radius 1 is 1.31 bits per heavy atom. The van der Waals surface area contributed by atoms with Gasteiger partial charge in [-0.1, -0.05) is 30.4 Å². The van der Waals surface area contributed by atoms with Crippen LogP contribution in [-0.4, -0.2) is 11.2 Å². The molecule has 1 aliphatic rings. The molecule has 0 spiro atoms. The van der Waals surface area contributed by atoms with Crippen molar-refractivity contribution in [2.45, 2.75) is 31.8 Å². The first-order valence-electron chi connectivity index (χ1n) is 5.84. The van der Waals surface area contributed by atoms with Crippen molar-refractivity contribution >= 4 is 0 Å². The minimum atomic E-state index is -0.429. The van der Waals surface area contributed by atoms with Gasteiger partial charge in [-0.25, -0.2) is 4.39 Å². The van der Waals surface area contributed by atoms with Crippen LogP contribution >= 0.6 is 0 Å². The third kappa shape index (κ3) is 2.70. The highest BCUT2D eigenvalue weighted by Crippen LogP contribution is 2.24. The van der Waals surface area contributed by atoms with Gasteiger partial charge in [0.25, 0.3) is 0 Å². The van der Waals surface area contributed by atoms with Crippen LogP contribution in [0.3, 0.4) is 0 Å².